The van der Waals surface area contributed by atoms with Crippen molar-refractivity contribution < 1.29 is 12.6 Å². The van der Waals surface area contributed by atoms with Crippen LogP contribution in [0.1, 0.15) is 5.56 Å². The molecular weight excluding hydrogens is 224 g/mol. The van der Waals surface area contributed by atoms with Gasteiger partial charge in [0.15, 0.2) is 0 Å². The first-order valence-corrected chi connectivity index (χ1v) is 6.69. The molecule has 0 fully saturated rings. The molecule has 3 nitrogen and oxygen atoms in total. The molecule has 0 aliphatic rings. The highest BCUT2D eigenvalue weighted by Gasteiger charge is 2.05. The summed E-state index contributed by atoms with van der Waals surface area (Å²) >= 11 is 0. The van der Waals surface area contributed by atoms with Gasteiger partial charge in [0, 0.05) is 0 Å². The second-order valence-corrected chi connectivity index (χ2v) is 5.25. The van der Waals surface area contributed by atoms with Gasteiger partial charge in [-0.2, -0.15) is 8.42 Å². The molecular formula is C12H12O3S. The molecule has 2 aromatic rings. The van der Waals surface area contributed by atoms with Gasteiger partial charge in [0.2, 0.25) is 0 Å². The molecule has 0 heterocycles. The van der Waals surface area contributed by atoms with Crippen molar-refractivity contribution in [3.63, 3.8) is 0 Å². The number of hydrogen-bond acceptors (Lipinski definition) is 3. The predicted molar refractivity (Wildman–Crippen MR) is 63.6 cm³/mol. The van der Waals surface area contributed by atoms with Crippen LogP contribution >= 0.6 is 0 Å². The van der Waals surface area contributed by atoms with Gasteiger partial charge in [0.05, 0.1) is 12.9 Å². The zero-order chi connectivity index (χ0) is 11.6. The fourth-order valence-corrected chi connectivity index (χ4v) is 1.93. The van der Waals surface area contributed by atoms with Gasteiger partial charge in [-0.1, -0.05) is 42.5 Å². The SMILES string of the molecule is CS(=O)(=O)OCc1cccc2ccccc12. The molecule has 0 radical (unpaired) electrons. The van der Waals surface area contributed by atoms with Crippen molar-refractivity contribution in [1.82, 2.24) is 0 Å². The number of hydrogen-bond donors (Lipinski definition) is 0. The van der Waals surface area contributed by atoms with Crippen LogP contribution in [0.25, 0.3) is 10.8 Å². The molecule has 0 amide bonds. The van der Waals surface area contributed by atoms with E-state index in [1.807, 2.05) is 42.5 Å². The van der Waals surface area contributed by atoms with Gasteiger partial charge in [-0.25, -0.2) is 0 Å². The Bertz CT molecular complexity index is 597. The van der Waals surface area contributed by atoms with E-state index in [-0.39, 0.29) is 6.61 Å². The molecule has 0 N–H and O–H groups in total. The Hall–Kier alpha value is -1.39. The van der Waals surface area contributed by atoms with Crippen LogP contribution in [-0.4, -0.2) is 14.7 Å². The lowest BCUT2D eigenvalue weighted by Gasteiger charge is -2.05. The lowest BCUT2D eigenvalue weighted by molar-refractivity contribution is 0.313. The molecule has 84 valence electrons. The van der Waals surface area contributed by atoms with Crippen LogP contribution in [0.2, 0.25) is 0 Å². The summed E-state index contributed by atoms with van der Waals surface area (Å²) in [6.45, 7) is 0.0835. The molecule has 0 spiro atoms. The Balaban J connectivity index is 2.38. The van der Waals surface area contributed by atoms with E-state index in [0.717, 1.165) is 22.6 Å². The van der Waals surface area contributed by atoms with Crippen molar-refractivity contribution in [3.05, 3.63) is 48.0 Å². The van der Waals surface area contributed by atoms with Crippen molar-refractivity contribution in [2.24, 2.45) is 0 Å². The molecule has 0 saturated carbocycles. The Morgan fingerprint density at radius 2 is 1.75 bits per heavy atom. The molecule has 0 aliphatic heterocycles. The van der Waals surface area contributed by atoms with Crippen molar-refractivity contribution in [2.45, 2.75) is 6.61 Å². The fourth-order valence-electron chi connectivity index (χ4n) is 1.59. The predicted octanol–water partition coefficient (Wildman–Crippen LogP) is 2.32. The van der Waals surface area contributed by atoms with Gasteiger partial charge in [0.1, 0.15) is 0 Å². The average molecular weight is 236 g/mol. The lowest BCUT2D eigenvalue weighted by Crippen LogP contribution is -2.02. The van der Waals surface area contributed by atoms with E-state index in [2.05, 4.69) is 0 Å². The summed E-state index contributed by atoms with van der Waals surface area (Å²) in [5.74, 6) is 0. The third kappa shape index (κ3) is 2.59. The Labute approximate surface area is 94.8 Å². The van der Waals surface area contributed by atoms with Gasteiger partial charge < -0.3 is 0 Å². The number of fused-ring (bicyclic) bond motifs is 1. The second-order valence-electron chi connectivity index (χ2n) is 3.60. The molecule has 0 bridgehead atoms. The Morgan fingerprint density at radius 1 is 1.06 bits per heavy atom. The molecule has 0 aromatic heterocycles. The third-order valence-electron chi connectivity index (χ3n) is 2.31. The van der Waals surface area contributed by atoms with Crippen LogP contribution in [0, 0.1) is 0 Å². The highest BCUT2D eigenvalue weighted by atomic mass is 32.2. The maximum Gasteiger partial charge on any atom is 0.264 e. The maximum absolute atomic E-state index is 10.9. The topological polar surface area (TPSA) is 43.4 Å². The van der Waals surface area contributed by atoms with Crippen LogP contribution in [0.15, 0.2) is 42.5 Å². The van der Waals surface area contributed by atoms with Crippen LogP contribution in [0.4, 0.5) is 0 Å². The number of rotatable bonds is 3. The minimum Gasteiger partial charge on any atom is -0.265 e. The minimum absolute atomic E-state index is 0.0835. The Morgan fingerprint density at radius 3 is 2.50 bits per heavy atom. The highest BCUT2D eigenvalue weighted by molar-refractivity contribution is 7.85. The molecule has 2 aromatic carbocycles. The second kappa shape index (κ2) is 4.23. The van der Waals surface area contributed by atoms with Crippen molar-refractivity contribution >= 4 is 20.9 Å². The summed E-state index contributed by atoms with van der Waals surface area (Å²) in [6.07, 6.45) is 1.05. The van der Waals surface area contributed by atoms with Gasteiger partial charge in [-0.15, -0.1) is 0 Å². The van der Waals surface area contributed by atoms with E-state index >= 15 is 0 Å². The van der Waals surface area contributed by atoms with E-state index in [1.54, 1.807) is 0 Å². The van der Waals surface area contributed by atoms with E-state index in [1.165, 1.54) is 0 Å². The van der Waals surface area contributed by atoms with Crippen LogP contribution in [0.3, 0.4) is 0 Å². The first kappa shape index (κ1) is 11.1. The fraction of sp³-hybridized carbons (Fsp3) is 0.167. The largest absolute Gasteiger partial charge is 0.265 e. The van der Waals surface area contributed by atoms with Crippen LogP contribution in [-0.2, 0) is 20.9 Å². The lowest BCUT2D eigenvalue weighted by atomic mass is 10.1. The molecule has 4 heteroatoms. The molecule has 16 heavy (non-hydrogen) atoms. The number of benzene rings is 2. The standard InChI is InChI=1S/C12H12O3S/c1-16(13,14)15-9-11-7-4-6-10-5-2-3-8-12(10)11/h2-8H,9H2,1H3. The first-order valence-electron chi connectivity index (χ1n) is 4.87. The van der Waals surface area contributed by atoms with E-state index in [9.17, 15) is 8.42 Å². The maximum atomic E-state index is 10.9. The highest BCUT2D eigenvalue weighted by Crippen LogP contribution is 2.19. The monoisotopic (exact) mass is 236 g/mol. The first-order chi connectivity index (χ1) is 7.56. The summed E-state index contributed by atoms with van der Waals surface area (Å²) in [7, 11) is -3.39. The van der Waals surface area contributed by atoms with E-state index in [4.69, 9.17) is 4.18 Å². The molecule has 0 unspecified atom stereocenters. The third-order valence-corrected chi connectivity index (χ3v) is 2.85. The zero-order valence-corrected chi connectivity index (χ0v) is 9.70. The summed E-state index contributed by atoms with van der Waals surface area (Å²) in [6, 6.07) is 13.6. The van der Waals surface area contributed by atoms with Gasteiger partial charge in [-0.05, 0) is 16.3 Å². The summed E-state index contributed by atoms with van der Waals surface area (Å²) < 4.78 is 26.6. The van der Waals surface area contributed by atoms with Crippen LogP contribution in [0.5, 0.6) is 0 Å². The Kier molecular flexibility index (Phi) is 2.94. The smallest absolute Gasteiger partial charge is 0.264 e. The van der Waals surface area contributed by atoms with Crippen molar-refractivity contribution in [3.8, 4) is 0 Å². The normalized spacial score (nSPS) is 11.8. The van der Waals surface area contributed by atoms with E-state index in [0.29, 0.717) is 0 Å². The molecule has 2 rings (SSSR count). The van der Waals surface area contributed by atoms with Crippen molar-refractivity contribution in [2.75, 3.05) is 6.26 Å². The van der Waals surface area contributed by atoms with Crippen LogP contribution < -0.4 is 0 Å². The quantitative estimate of drug-likeness (QED) is 0.768. The molecule has 0 saturated heterocycles. The van der Waals surface area contributed by atoms with Crippen molar-refractivity contribution in [1.29, 1.82) is 0 Å². The summed E-state index contributed by atoms with van der Waals surface area (Å²) in [4.78, 5) is 0. The van der Waals surface area contributed by atoms with Gasteiger partial charge >= 0.3 is 0 Å². The zero-order valence-electron chi connectivity index (χ0n) is 8.88. The summed E-state index contributed by atoms with van der Waals surface area (Å²) in [5.41, 5.74) is 0.878. The van der Waals surface area contributed by atoms with E-state index < -0.39 is 10.1 Å². The average Bonchev–Trinajstić information content (AvgIpc) is 2.25. The summed E-state index contributed by atoms with van der Waals surface area (Å²) in [5, 5.41) is 2.10. The molecule has 0 aliphatic carbocycles. The minimum atomic E-state index is -3.39. The van der Waals surface area contributed by atoms with Gasteiger partial charge in [0.25, 0.3) is 10.1 Å². The molecule has 0 atom stereocenters. The van der Waals surface area contributed by atoms with Gasteiger partial charge in [-0.3, -0.25) is 4.18 Å².